The number of nitrogens with zero attached hydrogens (tertiary/aromatic N) is 3. The van der Waals surface area contributed by atoms with E-state index in [0.717, 1.165) is 22.4 Å². The summed E-state index contributed by atoms with van der Waals surface area (Å²) < 4.78 is 5.38. The molecule has 24 heavy (non-hydrogen) atoms. The van der Waals surface area contributed by atoms with E-state index < -0.39 is 0 Å². The predicted molar refractivity (Wildman–Crippen MR) is 94.1 cm³/mol. The van der Waals surface area contributed by atoms with Crippen LogP contribution in [-0.2, 0) is 11.3 Å². The summed E-state index contributed by atoms with van der Waals surface area (Å²) in [6.07, 6.45) is 3.72. The second-order valence-electron chi connectivity index (χ2n) is 5.76. The molecule has 0 saturated heterocycles. The molecule has 0 unspecified atom stereocenters. The molecule has 0 aliphatic carbocycles. The van der Waals surface area contributed by atoms with E-state index in [1.54, 1.807) is 30.5 Å². The van der Waals surface area contributed by atoms with Crippen molar-refractivity contribution in [3.8, 4) is 5.75 Å². The van der Waals surface area contributed by atoms with Crippen molar-refractivity contribution in [2.75, 3.05) is 26.0 Å². The van der Waals surface area contributed by atoms with Gasteiger partial charge in [0.05, 0.1) is 7.11 Å². The van der Waals surface area contributed by atoms with Gasteiger partial charge in [0.2, 0.25) is 11.9 Å². The zero-order valence-electron chi connectivity index (χ0n) is 14.7. The van der Waals surface area contributed by atoms with Crippen LogP contribution in [0.5, 0.6) is 5.75 Å². The number of carbonyl (C=O) groups excluding carboxylic acids is 1. The van der Waals surface area contributed by atoms with Gasteiger partial charge in [0.1, 0.15) is 5.75 Å². The molecule has 0 aliphatic heterocycles. The third-order valence-corrected chi connectivity index (χ3v) is 3.76. The molecule has 1 N–H and O–H groups in total. The standard InChI is InChI=1S/C18H24N4O2/c1-13-10-15(11-14(2)17(13)24-4)12-22(3)16(23)6-9-21-18-19-7-5-8-20-18/h5,7-8,10-11H,6,9,12H2,1-4H3,(H,19,20,21). The molecule has 6 nitrogen and oxygen atoms in total. The molecule has 6 heteroatoms. The Morgan fingerprint density at radius 1 is 1.21 bits per heavy atom. The van der Waals surface area contributed by atoms with Crippen molar-refractivity contribution in [2.45, 2.75) is 26.8 Å². The monoisotopic (exact) mass is 328 g/mol. The number of carbonyl (C=O) groups is 1. The van der Waals surface area contributed by atoms with E-state index >= 15 is 0 Å². The molecule has 1 heterocycles. The van der Waals surface area contributed by atoms with E-state index in [1.165, 1.54) is 0 Å². The molecule has 1 aromatic carbocycles. The van der Waals surface area contributed by atoms with Gasteiger partial charge in [-0.3, -0.25) is 4.79 Å². The number of hydrogen-bond acceptors (Lipinski definition) is 5. The number of methoxy groups -OCH3 is 1. The van der Waals surface area contributed by atoms with Gasteiger partial charge in [0.25, 0.3) is 0 Å². The maximum atomic E-state index is 12.3. The topological polar surface area (TPSA) is 67.3 Å². The Morgan fingerprint density at radius 2 is 1.83 bits per heavy atom. The van der Waals surface area contributed by atoms with Gasteiger partial charge >= 0.3 is 0 Å². The number of benzene rings is 1. The molecule has 2 rings (SSSR count). The third-order valence-electron chi connectivity index (χ3n) is 3.76. The minimum atomic E-state index is 0.0737. The largest absolute Gasteiger partial charge is 0.496 e. The van der Waals surface area contributed by atoms with Crippen LogP contribution >= 0.6 is 0 Å². The highest BCUT2D eigenvalue weighted by atomic mass is 16.5. The van der Waals surface area contributed by atoms with Crippen molar-refractivity contribution >= 4 is 11.9 Å². The molecular formula is C18H24N4O2. The van der Waals surface area contributed by atoms with Crippen molar-refractivity contribution < 1.29 is 9.53 Å². The van der Waals surface area contributed by atoms with Crippen molar-refractivity contribution in [1.82, 2.24) is 14.9 Å². The van der Waals surface area contributed by atoms with Gasteiger partial charge in [-0.2, -0.15) is 0 Å². The first-order valence-corrected chi connectivity index (χ1v) is 7.90. The van der Waals surface area contributed by atoms with Crippen LogP contribution in [0.3, 0.4) is 0 Å². The highest BCUT2D eigenvalue weighted by Gasteiger charge is 2.11. The summed E-state index contributed by atoms with van der Waals surface area (Å²) in [5, 5.41) is 3.04. The van der Waals surface area contributed by atoms with E-state index in [2.05, 4.69) is 27.4 Å². The SMILES string of the molecule is COc1c(C)cc(CN(C)C(=O)CCNc2ncccn2)cc1C. The van der Waals surface area contributed by atoms with E-state index in [9.17, 15) is 4.79 Å². The maximum absolute atomic E-state index is 12.3. The first kappa shape index (κ1) is 17.7. The fraction of sp³-hybridized carbons (Fsp3) is 0.389. The first-order chi connectivity index (χ1) is 11.5. The van der Waals surface area contributed by atoms with E-state index in [1.807, 2.05) is 20.9 Å². The highest BCUT2D eigenvalue weighted by molar-refractivity contribution is 5.76. The van der Waals surface area contributed by atoms with Crippen molar-refractivity contribution in [2.24, 2.45) is 0 Å². The fourth-order valence-electron chi connectivity index (χ4n) is 2.68. The second-order valence-corrected chi connectivity index (χ2v) is 5.76. The molecule has 0 radical (unpaired) electrons. The smallest absolute Gasteiger partial charge is 0.224 e. The fourth-order valence-corrected chi connectivity index (χ4v) is 2.68. The Morgan fingerprint density at radius 3 is 2.42 bits per heavy atom. The minimum Gasteiger partial charge on any atom is -0.496 e. The van der Waals surface area contributed by atoms with Gasteiger partial charge in [0.15, 0.2) is 0 Å². The zero-order chi connectivity index (χ0) is 17.5. The zero-order valence-corrected chi connectivity index (χ0v) is 14.7. The molecular weight excluding hydrogens is 304 g/mol. The minimum absolute atomic E-state index is 0.0737. The molecule has 1 amide bonds. The van der Waals surface area contributed by atoms with Crippen LogP contribution in [0.1, 0.15) is 23.1 Å². The first-order valence-electron chi connectivity index (χ1n) is 7.90. The van der Waals surface area contributed by atoms with Gasteiger partial charge in [-0.05, 0) is 36.6 Å². The van der Waals surface area contributed by atoms with Crippen LogP contribution < -0.4 is 10.1 Å². The average molecular weight is 328 g/mol. The van der Waals surface area contributed by atoms with Gasteiger partial charge in [-0.15, -0.1) is 0 Å². The lowest BCUT2D eigenvalue weighted by Gasteiger charge is -2.19. The van der Waals surface area contributed by atoms with Crippen LogP contribution in [0.15, 0.2) is 30.6 Å². The summed E-state index contributed by atoms with van der Waals surface area (Å²) in [5.41, 5.74) is 3.26. The predicted octanol–water partition coefficient (Wildman–Crippen LogP) is 2.56. The summed E-state index contributed by atoms with van der Waals surface area (Å²) in [6.45, 7) is 5.11. The van der Waals surface area contributed by atoms with E-state index in [4.69, 9.17) is 4.74 Å². The Bertz CT molecular complexity index is 666. The van der Waals surface area contributed by atoms with E-state index in [-0.39, 0.29) is 5.91 Å². The second kappa shape index (κ2) is 8.29. The number of amides is 1. The molecule has 0 spiro atoms. The summed E-state index contributed by atoms with van der Waals surface area (Å²) in [4.78, 5) is 22.1. The third kappa shape index (κ3) is 4.68. The number of hydrogen-bond donors (Lipinski definition) is 1. The number of aryl methyl sites for hydroxylation is 2. The van der Waals surface area contributed by atoms with Gasteiger partial charge in [-0.1, -0.05) is 12.1 Å². The number of nitrogens with one attached hydrogen (secondary N) is 1. The van der Waals surface area contributed by atoms with Crippen molar-refractivity contribution in [3.63, 3.8) is 0 Å². The molecule has 0 fully saturated rings. The molecule has 1 aromatic heterocycles. The molecule has 0 atom stereocenters. The van der Waals surface area contributed by atoms with Crippen LogP contribution in [0.25, 0.3) is 0 Å². The lowest BCUT2D eigenvalue weighted by molar-refractivity contribution is -0.130. The lowest BCUT2D eigenvalue weighted by atomic mass is 10.1. The lowest BCUT2D eigenvalue weighted by Crippen LogP contribution is -2.28. The maximum Gasteiger partial charge on any atom is 0.224 e. The Labute approximate surface area is 142 Å². The molecule has 0 saturated carbocycles. The highest BCUT2D eigenvalue weighted by Crippen LogP contribution is 2.24. The summed E-state index contributed by atoms with van der Waals surface area (Å²) in [5.74, 6) is 1.51. The Hall–Kier alpha value is -2.63. The van der Waals surface area contributed by atoms with Gasteiger partial charge in [-0.25, -0.2) is 9.97 Å². The van der Waals surface area contributed by atoms with Crippen LogP contribution in [0.2, 0.25) is 0 Å². The quantitative estimate of drug-likeness (QED) is 0.846. The van der Waals surface area contributed by atoms with E-state index in [0.29, 0.717) is 25.5 Å². The van der Waals surface area contributed by atoms with Crippen LogP contribution in [-0.4, -0.2) is 41.5 Å². The average Bonchev–Trinajstić information content (AvgIpc) is 2.55. The summed E-state index contributed by atoms with van der Waals surface area (Å²) in [6, 6.07) is 5.88. The molecule has 128 valence electrons. The number of rotatable bonds is 7. The molecule has 2 aromatic rings. The Kier molecular flexibility index (Phi) is 6.12. The van der Waals surface area contributed by atoms with Crippen molar-refractivity contribution in [3.05, 3.63) is 47.3 Å². The number of ether oxygens (including phenoxy) is 1. The summed E-state index contributed by atoms with van der Waals surface area (Å²) in [7, 11) is 3.49. The number of anilines is 1. The van der Waals surface area contributed by atoms with Crippen LogP contribution in [0, 0.1) is 13.8 Å². The van der Waals surface area contributed by atoms with Gasteiger partial charge < -0.3 is 15.0 Å². The van der Waals surface area contributed by atoms with Gasteiger partial charge in [0, 0.05) is 39.0 Å². The van der Waals surface area contributed by atoms with Crippen molar-refractivity contribution in [1.29, 1.82) is 0 Å². The number of aromatic nitrogens is 2. The Balaban J connectivity index is 1.87. The molecule has 0 aliphatic rings. The van der Waals surface area contributed by atoms with Crippen LogP contribution in [0.4, 0.5) is 5.95 Å². The summed E-state index contributed by atoms with van der Waals surface area (Å²) >= 11 is 0. The molecule has 0 bridgehead atoms. The normalized spacial score (nSPS) is 10.3.